The molecule has 2 amide bonds. The second-order valence-electron chi connectivity index (χ2n) is 5.46. The third-order valence-corrected chi connectivity index (χ3v) is 3.13. The van der Waals surface area contributed by atoms with Crippen LogP contribution in [0.15, 0.2) is 24.3 Å². The van der Waals surface area contributed by atoms with E-state index in [1.807, 2.05) is 13.8 Å². The van der Waals surface area contributed by atoms with E-state index < -0.39 is 5.97 Å². The van der Waals surface area contributed by atoms with Gasteiger partial charge in [0, 0.05) is 12.8 Å². The van der Waals surface area contributed by atoms with Gasteiger partial charge in [0.2, 0.25) is 11.8 Å². The van der Waals surface area contributed by atoms with Gasteiger partial charge in [-0.15, -0.1) is 0 Å². The Morgan fingerprint density at radius 3 is 2.21 bits per heavy atom. The minimum absolute atomic E-state index is 0.0380. The fourth-order valence-corrected chi connectivity index (χ4v) is 2.30. The molecule has 1 N–H and O–H groups in total. The van der Waals surface area contributed by atoms with E-state index in [9.17, 15) is 14.4 Å². The van der Waals surface area contributed by atoms with Crippen LogP contribution in [0.1, 0.15) is 37.0 Å². The van der Waals surface area contributed by atoms with Crippen LogP contribution >= 0.6 is 0 Å². The summed E-state index contributed by atoms with van der Waals surface area (Å²) in [5, 5.41) is 9.12. The van der Waals surface area contributed by atoms with Gasteiger partial charge in [-0.3, -0.25) is 9.59 Å². The van der Waals surface area contributed by atoms with E-state index in [4.69, 9.17) is 5.11 Å². The van der Waals surface area contributed by atoms with Gasteiger partial charge in [-0.05, 0) is 17.5 Å². The number of para-hydroxylation sites is 1. The maximum atomic E-state index is 12.1. The van der Waals surface area contributed by atoms with Crippen molar-refractivity contribution in [2.24, 2.45) is 5.41 Å². The van der Waals surface area contributed by atoms with Crippen LogP contribution in [-0.4, -0.2) is 22.9 Å². The molecule has 19 heavy (non-hydrogen) atoms. The highest BCUT2D eigenvalue weighted by atomic mass is 16.4. The minimum Gasteiger partial charge on any atom is -0.478 e. The largest absolute Gasteiger partial charge is 0.478 e. The summed E-state index contributed by atoms with van der Waals surface area (Å²) in [6.45, 7) is 3.70. The Balaban J connectivity index is 2.45. The van der Waals surface area contributed by atoms with Gasteiger partial charge >= 0.3 is 5.97 Å². The van der Waals surface area contributed by atoms with Crippen molar-refractivity contribution in [2.75, 3.05) is 4.90 Å². The molecule has 1 fully saturated rings. The lowest BCUT2D eigenvalue weighted by Gasteiger charge is -2.35. The summed E-state index contributed by atoms with van der Waals surface area (Å²) in [5.74, 6) is -1.86. The van der Waals surface area contributed by atoms with Gasteiger partial charge < -0.3 is 5.11 Å². The number of benzene rings is 1. The third-order valence-electron chi connectivity index (χ3n) is 3.13. The molecule has 0 bridgehead atoms. The number of carbonyl (C=O) groups is 3. The highest BCUT2D eigenvalue weighted by molar-refractivity contribution is 6.19. The first-order chi connectivity index (χ1) is 8.82. The second kappa shape index (κ2) is 4.50. The number of hydrogen-bond acceptors (Lipinski definition) is 3. The van der Waals surface area contributed by atoms with E-state index in [1.165, 1.54) is 12.1 Å². The smallest absolute Gasteiger partial charge is 0.337 e. The number of nitrogens with zero attached hydrogens (tertiary/aromatic N) is 1. The van der Waals surface area contributed by atoms with Crippen LogP contribution in [0.3, 0.4) is 0 Å². The molecule has 1 aliphatic rings. The van der Waals surface area contributed by atoms with Gasteiger partial charge in [0.15, 0.2) is 0 Å². The molecule has 0 unspecified atom stereocenters. The zero-order valence-corrected chi connectivity index (χ0v) is 10.8. The van der Waals surface area contributed by atoms with Crippen LogP contribution in [0.5, 0.6) is 0 Å². The quantitative estimate of drug-likeness (QED) is 0.827. The van der Waals surface area contributed by atoms with Crippen molar-refractivity contribution in [2.45, 2.75) is 26.7 Å². The molecular formula is C14H15NO4. The summed E-state index contributed by atoms with van der Waals surface area (Å²) in [7, 11) is 0. The molecule has 100 valence electrons. The lowest BCUT2D eigenvalue weighted by molar-refractivity contribution is -0.132. The molecule has 5 heteroatoms. The number of anilines is 1. The number of hydrogen-bond donors (Lipinski definition) is 1. The second-order valence-corrected chi connectivity index (χ2v) is 5.46. The molecule has 2 rings (SSSR count). The summed E-state index contributed by atoms with van der Waals surface area (Å²) >= 11 is 0. The maximum absolute atomic E-state index is 12.1. The first-order valence-electron chi connectivity index (χ1n) is 6.00. The van der Waals surface area contributed by atoms with Crippen LogP contribution in [-0.2, 0) is 9.59 Å². The summed E-state index contributed by atoms with van der Waals surface area (Å²) < 4.78 is 0. The first kappa shape index (κ1) is 13.3. The summed E-state index contributed by atoms with van der Waals surface area (Å²) in [4.78, 5) is 36.4. The average Bonchev–Trinajstić information content (AvgIpc) is 2.26. The molecule has 0 spiro atoms. The van der Waals surface area contributed by atoms with Crippen molar-refractivity contribution in [3.05, 3.63) is 29.8 Å². The highest BCUT2D eigenvalue weighted by Gasteiger charge is 2.39. The topological polar surface area (TPSA) is 74.7 Å². The molecule has 1 aliphatic heterocycles. The maximum Gasteiger partial charge on any atom is 0.337 e. The number of carboxylic acid groups (broad SMARTS) is 1. The van der Waals surface area contributed by atoms with Gasteiger partial charge in [-0.1, -0.05) is 26.0 Å². The van der Waals surface area contributed by atoms with E-state index in [-0.39, 0.29) is 41.3 Å². The molecular weight excluding hydrogens is 246 g/mol. The van der Waals surface area contributed by atoms with Crippen molar-refractivity contribution in [1.29, 1.82) is 0 Å². The SMILES string of the molecule is CC1(C)CC(=O)N(c2ccccc2C(=O)O)C(=O)C1. The Morgan fingerprint density at radius 1 is 1.16 bits per heavy atom. The fourth-order valence-electron chi connectivity index (χ4n) is 2.30. The van der Waals surface area contributed by atoms with Gasteiger partial charge in [0.1, 0.15) is 0 Å². The molecule has 0 radical (unpaired) electrons. The molecule has 1 saturated heterocycles. The molecule has 1 aromatic carbocycles. The van der Waals surface area contributed by atoms with Crippen molar-refractivity contribution >= 4 is 23.5 Å². The minimum atomic E-state index is -1.15. The van der Waals surface area contributed by atoms with Crippen molar-refractivity contribution in [3.63, 3.8) is 0 Å². The van der Waals surface area contributed by atoms with Crippen LogP contribution in [0.4, 0.5) is 5.69 Å². The van der Waals surface area contributed by atoms with Crippen molar-refractivity contribution in [1.82, 2.24) is 0 Å². The van der Waals surface area contributed by atoms with Crippen LogP contribution < -0.4 is 4.90 Å². The Labute approximate surface area is 110 Å². The summed E-state index contributed by atoms with van der Waals surface area (Å²) in [6, 6.07) is 6.05. The van der Waals surface area contributed by atoms with E-state index in [0.717, 1.165) is 4.90 Å². The molecule has 0 aliphatic carbocycles. The fraction of sp³-hybridized carbons (Fsp3) is 0.357. The van der Waals surface area contributed by atoms with E-state index in [2.05, 4.69) is 0 Å². The average molecular weight is 261 g/mol. The Bertz CT molecular complexity index is 542. The van der Waals surface area contributed by atoms with Gasteiger partial charge in [-0.25, -0.2) is 9.69 Å². The predicted octanol–water partition coefficient (Wildman–Crippen LogP) is 2.06. The lowest BCUT2D eigenvalue weighted by atomic mass is 9.81. The van der Waals surface area contributed by atoms with Crippen LogP contribution in [0, 0.1) is 5.41 Å². The number of amides is 2. The monoisotopic (exact) mass is 261 g/mol. The zero-order chi connectivity index (χ0) is 14.2. The predicted molar refractivity (Wildman–Crippen MR) is 68.9 cm³/mol. The van der Waals surface area contributed by atoms with Crippen LogP contribution in [0.25, 0.3) is 0 Å². The molecule has 0 atom stereocenters. The van der Waals surface area contributed by atoms with Gasteiger partial charge in [-0.2, -0.15) is 0 Å². The Hall–Kier alpha value is -2.17. The van der Waals surface area contributed by atoms with Crippen molar-refractivity contribution < 1.29 is 19.5 Å². The molecule has 1 aromatic rings. The molecule has 1 heterocycles. The summed E-state index contributed by atoms with van der Waals surface area (Å²) in [6.07, 6.45) is 0.458. The van der Waals surface area contributed by atoms with E-state index in [0.29, 0.717) is 0 Å². The summed E-state index contributed by atoms with van der Waals surface area (Å²) in [5.41, 5.74) is -0.257. The van der Waals surface area contributed by atoms with Crippen molar-refractivity contribution in [3.8, 4) is 0 Å². The number of aromatic carboxylic acids is 1. The zero-order valence-electron chi connectivity index (χ0n) is 10.8. The van der Waals surface area contributed by atoms with Gasteiger partial charge in [0.05, 0.1) is 11.3 Å². The highest BCUT2D eigenvalue weighted by Crippen LogP contribution is 2.35. The lowest BCUT2D eigenvalue weighted by Crippen LogP contribution is -2.46. The number of imide groups is 1. The third kappa shape index (κ3) is 2.50. The standard InChI is InChI=1S/C14H15NO4/c1-14(2)7-11(16)15(12(17)8-14)10-6-4-3-5-9(10)13(18)19/h3-6H,7-8H2,1-2H3,(H,18,19). The Morgan fingerprint density at radius 2 is 1.68 bits per heavy atom. The normalized spacial score (nSPS) is 18.5. The molecule has 0 saturated carbocycles. The van der Waals surface area contributed by atoms with Crippen LogP contribution in [0.2, 0.25) is 0 Å². The number of carboxylic acids is 1. The molecule has 5 nitrogen and oxygen atoms in total. The Kier molecular flexibility index (Phi) is 3.14. The first-order valence-corrected chi connectivity index (χ1v) is 6.00. The number of carbonyl (C=O) groups excluding carboxylic acids is 2. The number of piperidine rings is 1. The molecule has 0 aromatic heterocycles. The van der Waals surface area contributed by atoms with E-state index >= 15 is 0 Å². The van der Waals surface area contributed by atoms with Gasteiger partial charge in [0.25, 0.3) is 0 Å². The van der Waals surface area contributed by atoms with E-state index in [1.54, 1.807) is 12.1 Å². The number of rotatable bonds is 2.